The Morgan fingerprint density at radius 3 is 2.13 bits per heavy atom. The number of benzene rings is 3. The largest absolute Gasteiger partial charge is 0.494 e. The number of nitrogens with one attached hydrogen (secondary N) is 3. The van der Waals surface area contributed by atoms with Crippen molar-refractivity contribution in [1.29, 1.82) is 0 Å². The lowest BCUT2D eigenvalue weighted by molar-refractivity contribution is 0.102. The molecule has 154 valence electrons. The van der Waals surface area contributed by atoms with Gasteiger partial charge in [0.1, 0.15) is 5.75 Å². The number of thiocarbonyl (C=S) groups is 1. The first-order valence-corrected chi connectivity index (χ1v) is 10.3. The van der Waals surface area contributed by atoms with Crippen LogP contribution in [0, 0.1) is 0 Å². The molecule has 0 heterocycles. The van der Waals surface area contributed by atoms with Crippen LogP contribution in [-0.4, -0.2) is 17.6 Å². The number of amides is 1. The van der Waals surface area contributed by atoms with Crippen LogP contribution in [0.15, 0.2) is 72.8 Å². The summed E-state index contributed by atoms with van der Waals surface area (Å²) in [7, 11) is 0. The van der Waals surface area contributed by atoms with Crippen LogP contribution in [0.3, 0.4) is 0 Å². The van der Waals surface area contributed by atoms with Crippen molar-refractivity contribution in [2.24, 2.45) is 0 Å². The predicted molar refractivity (Wildman–Crippen MR) is 128 cm³/mol. The van der Waals surface area contributed by atoms with E-state index in [-0.39, 0.29) is 5.91 Å². The Hall–Kier alpha value is -3.38. The number of rotatable bonds is 7. The fourth-order valence-electron chi connectivity index (χ4n) is 2.94. The third-order valence-corrected chi connectivity index (χ3v) is 4.68. The summed E-state index contributed by atoms with van der Waals surface area (Å²) in [6.07, 6.45) is 0.921. The second-order valence-electron chi connectivity index (χ2n) is 6.58. The average Bonchev–Trinajstić information content (AvgIpc) is 2.76. The topological polar surface area (TPSA) is 62.4 Å². The van der Waals surface area contributed by atoms with Gasteiger partial charge in [0.2, 0.25) is 0 Å². The number of para-hydroxylation sites is 1. The van der Waals surface area contributed by atoms with E-state index in [0.717, 1.165) is 23.5 Å². The molecule has 30 heavy (non-hydrogen) atoms. The Labute approximate surface area is 182 Å². The lowest BCUT2D eigenvalue weighted by Gasteiger charge is -2.13. The molecule has 0 saturated heterocycles. The molecule has 3 aromatic carbocycles. The van der Waals surface area contributed by atoms with Gasteiger partial charge in [0.15, 0.2) is 5.11 Å². The van der Waals surface area contributed by atoms with Gasteiger partial charge in [-0.2, -0.15) is 0 Å². The van der Waals surface area contributed by atoms with Crippen LogP contribution in [0.1, 0.15) is 29.8 Å². The van der Waals surface area contributed by atoms with E-state index in [4.69, 9.17) is 17.0 Å². The molecule has 0 radical (unpaired) electrons. The predicted octanol–water partition coefficient (Wildman–Crippen LogP) is 5.71. The van der Waals surface area contributed by atoms with Crippen molar-refractivity contribution in [2.45, 2.75) is 20.3 Å². The minimum atomic E-state index is -0.178. The van der Waals surface area contributed by atoms with E-state index in [1.807, 2.05) is 61.5 Å². The van der Waals surface area contributed by atoms with Crippen LogP contribution in [0.2, 0.25) is 0 Å². The summed E-state index contributed by atoms with van der Waals surface area (Å²) in [4.78, 5) is 12.5. The Bertz CT molecular complexity index is 1000. The minimum Gasteiger partial charge on any atom is -0.494 e. The van der Waals surface area contributed by atoms with Crippen LogP contribution >= 0.6 is 12.2 Å². The van der Waals surface area contributed by atoms with E-state index >= 15 is 0 Å². The maximum atomic E-state index is 12.5. The second kappa shape index (κ2) is 10.4. The Balaban J connectivity index is 1.57. The highest BCUT2D eigenvalue weighted by Gasteiger charge is 2.07. The number of carbonyl (C=O) groups excluding carboxylic acids is 1. The highest BCUT2D eigenvalue weighted by atomic mass is 32.1. The summed E-state index contributed by atoms with van der Waals surface area (Å²) >= 11 is 5.41. The second-order valence-corrected chi connectivity index (χ2v) is 6.99. The molecule has 1 amide bonds. The summed E-state index contributed by atoms with van der Waals surface area (Å²) < 4.78 is 5.41. The lowest BCUT2D eigenvalue weighted by Crippen LogP contribution is -2.20. The first-order chi connectivity index (χ1) is 14.6. The molecule has 3 aromatic rings. The Morgan fingerprint density at radius 1 is 0.833 bits per heavy atom. The monoisotopic (exact) mass is 419 g/mol. The zero-order valence-electron chi connectivity index (χ0n) is 17.1. The summed E-state index contributed by atoms with van der Waals surface area (Å²) in [5, 5.41) is 9.76. The molecular weight excluding hydrogens is 394 g/mol. The van der Waals surface area contributed by atoms with Gasteiger partial charge in [0.05, 0.1) is 6.61 Å². The van der Waals surface area contributed by atoms with Crippen LogP contribution in [0.25, 0.3) is 0 Å². The molecule has 3 rings (SSSR count). The molecule has 0 unspecified atom stereocenters. The van der Waals surface area contributed by atoms with E-state index in [1.54, 1.807) is 12.1 Å². The van der Waals surface area contributed by atoms with Crippen LogP contribution < -0.4 is 20.7 Å². The maximum absolute atomic E-state index is 12.5. The molecular formula is C24H25N3O2S. The summed E-state index contributed by atoms with van der Waals surface area (Å²) in [6.45, 7) is 4.64. The fraction of sp³-hybridized carbons (Fsp3) is 0.167. The van der Waals surface area contributed by atoms with E-state index in [1.165, 1.54) is 5.56 Å². The molecule has 0 fully saturated rings. The molecule has 0 saturated carbocycles. The molecule has 5 nitrogen and oxygen atoms in total. The zero-order chi connectivity index (χ0) is 21.3. The molecule has 0 atom stereocenters. The van der Waals surface area contributed by atoms with Gasteiger partial charge in [-0.15, -0.1) is 0 Å². The van der Waals surface area contributed by atoms with E-state index < -0.39 is 0 Å². The smallest absolute Gasteiger partial charge is 0.255 e. The van der Waals surface area contributed by atoms with Crippen LogP contribution in [-0.2, 0) is 6.42 Å². The third kappa shape index (κ3) is 5.81. The van der Waals surface area contributed by atoms with Crippen molar-refractivity contribution < 1.29 is 9.53 Å². The summed E-state index contributed by atoms with van der Waals surface area (Å²) in [5.74, 6) is 0.598. The Morgan fingerprint density at radius 2 is 1.47 bits per heavy atom. The van der Waals surface area contributed by atoms with Gasteiger partial charge in [0, 0.05) is 22.6 Å². The molecule has 0 spiro atoms. The highest BCUT2D eigenvalue weighted by Crippen LogP contribution is 2.18. The number of anilines is 3. The third-order valence-electron chi connectivity index (χ3n) is 4.47. The van der Waals surface area contributed by atoms with Crippen LogP contribution in [0.5, 0.6) is 5.75 Å². The van der Waals surface area contributed by atoms with Crippen molar-refractivity contribution in [3.63, 3.8) is 0 Å². The van der Waals surface area contributed by atoms with Crippen molar-refractivity contribution in [3.05, 3.63) is 83.9 Å². The number of ether oxygens (including phenoxy) is 1. The van der Waals surface area contributed by atoms with Crippen molar-refractivity contribution in [3.8, 4) is 5.75 Å². The summed E-state index contributed by atoms with van der Waals surface area (Å²) in [6, 6.07) is 22.5. The summed E-state index contributed by atoms with van der Waals surface area (Å²) in [5.41, 5.74) is 4.26. The van der Waals surface area contributed by atoms with Gasteiger partial charge in [-0.1, -0.05) is 25.1 Å². The highest BCUT2D eigenvalue weighted by molar-refractivity contribution is 7.80. The standard InChI is InChI=1S/C24H25N3O2S/c1-3-17-7-5-6-8-22(17)27-24(30)26-20-11-9-18(10-12-20)23(28)25-19-13-15-21(16-14-19)29-4-2/h5-16H,3-4H2,1-2H3,(H,25,28)(H2,26,27,30). The molecule has 0 bridgehead atoms. The fourth-order valence-corrected chi connectivity index (χ4v) is 3.17. The molecule has 0 aliphatic heterocycles. The van der Waals surface area contributed by atoms with E-state index in [0.29, 0.717) is 23.0 Å². The normalized spacial score (nSPS) is 10.2. The first-order valence-electron chi connectivity index (χ1n) is 9.89. The van der Waals surface area contributed by atoms with Crippen molar-refractivity contribution in [2.75, 3.05) is 22.6 Å². The van der Waals surface area contributed by atoms with Gasteiger partial charge in [-0.3, -0.25) is 4.79 Å². The van der Waals surface area contributed by atoms with Gasteiger partial charge in [-0.25, -0.2) is 0 Å². The zero-order valence-corrected chi connectivity index (χ0v) is 17.9. The molecule has 6 heteroatoms. The van der Waals surface area contributed by atoms with E-state index in [9.17, 15) is 4.79 Å². The van der Waals surface area contributed by atoms with Gasteiger partial charge >= 0.3 is 0 Å². The lowest BCUT2D eigenvalue weighted by atomic mass is 10.1. The van der Waals surface area contributed by atoms with Crippen molar-refractivity contribution >= 4 is 40.3 Å². The number of hydrogen-bond donors (Lipinski definition) is 3. The van der Waals surface area contributed by atoms with E-state index in [2.05, 4.69) is 28.9 Å². The van der Waals surface area contributed by atoms with Crippen LogP contribution in [0.4, 0.5) is 17.1 Å². The number of carbonyl (C=O) groups is 1. The maximum Gasteiger partial charge on any atom is 0.255 e. The molecule has 0 aliphatic carbocycles. The first kappa shape index (κ1) is 21.3. The average molecular weight is 420 g/mol. The molecule has 3 N–H and O–H groups in total. The Kier molecular flexibility index (Phi) is 7.40. The number of hydrogen-bond acceptors (Lipinski definition) is 3. The SMILES string of the molecule is CCOc1ccc(NC(=O)c2ccc(NC(=S)Nc3ccccc3CC)cc2)cc1. The van der Waals surface area contributed by atoms with Gasteiger partial charge in [0.25, 0.3) is 5.91 Å². The quantitative estimate of drug-likeness (QED) is 0.428. The van der Waals surface area contributed by atoms with Crippen molar-refractivity contribution in [1.82, 2.24) is 0 Å². The molecule has 0 aromatic heterocycles. The molecule has 0 aliphatic rings. The minimum absolute atomic E-state index is 0.178. The number of aryl methyl sites for hydroxylation is 1. The van der Waals surface area contributed by atoms with Gasteiger partial charge < -0.3 is 20.7 Å². The van der Waals surface area contributed by atoms with Gasteiger partial charge in [-0.05, 0) is 85.7 Å².